The van der Waals surface area contributed by atoms with Gasteiger partial charge in [-0.15, -0.1) is 0 Å². The summed E-state index contributed by atoms with van der Waals surface area (Å²) < 4.78 is 114. The molecule has 3 aliphatic carbocycles. The summed E-state index contributed by atoms with van der Waals surface area (Å²) in [5.74, 6) is -0.106. The molecule has 0 spiro atoms. The van der Waals surface area contributed by atoms with Crippen LogP contribution in [0.1, 0.15) is 116 Å². The first-order chi connectivity index (χ1) is 19.4. The number of alkyl halides is 6. The summed E-state index contributed by atoms with van der Waals surface area (Å²) in [6.07, 6.45) is 26.8. The molecular weight excluding hydrogens is 631 g/mol. The number of rotatable bonds is 10. The van der Waals surface area contributed by atoms with E-state index in [9.17, 15) is 48.0 Å². The number of hydrogen-bond acceptors (Lipinski definition) is 6. The van der Waals surface area contributed by atoms with E-state index in [2.05, 4.69) is 0 Å². The van der Waals surface area contributed by atoms with Crippen LogP contribution in [-0.2, 0) is 29.6 Å². The van der Waals surface area contributed by atoms with Crippen molar-refractivity contribution in [3.63, 3.8) is 0 Å². The third kappa shape index (κ3) is 10.5. The summed E-state index contributed by atoms with van der Waals surface area (Å²) in [5, 5.41) is 0. The van der Waals surface area contributed by atoms with Gasteiger partial charge in [0.05, 0.1) is 0 Å². The van der Waals surface area contributed by atoms with Crippen molar-refractivity contribution >= 4 is 33.3 Å². The van der Waals surface area contributed by atoms with Gasteiger partial charge in [-0.05, 0) is 0 Å². The molecule has 3 rings (SSSR count). The van der Waals surface area contributed by atoms with Gasteiger partial charge in [0, 0.05) is 0 Å². The molecule has 0 bridgehead atoms. The minimum absolute atomic E-state index is 0.106. The van der Waals surface area contributed by atoms with Gasteiger partial charge in [0.2, 0.25) is 0 Å². The van der Waals surface area contributed by atoms with Crippen LogP contribution in [0.15, 0.2) is 0 Å². The van der Waals surface area contributed by atoms with E-state index in [1.807, 2.05) is 0 Å². The summed E-state index contributed by atoms with van der Waals surface area (Å²) in [6, 6.07) is 0. The molecule has 0 amide bonds. The molecule has 0 aromatic rings. The maximum atomic E-state index is 11.5. The first-order valence-corrected chi connectivity index (χ1v) is 20.4. The molecule has 1 N–H and O–H groups in total. The van der Waals surface area contributed by atoms with Crippen LogP contribution < -0.4 is 4.13 Å². The Labute approximate surface area is 246 Å². The fourth-order valence-electron chi connectivity index (χ4n) is 7.52. The topological polar surface area (TPSA) is 107 Å². The van der Waals surface area contributed by atoms with Crippen molar-refractivity contribution in [2.24, 2.45) is 0 Å². The Morgan fingerprint density at radius 2 is 1.00 bits per heavy atom. The van der Waals surface area contributed by atoms with Gasteiger partial charge in [0.1, 0.15) is 0 Å². The summed E-state index contributed by atoms with van der Waals surface area (Å²) >= 11 is 0. The second-order valence-electron chi connectivity index (χ2n) is 11.9. The number of carbonyl (C=O) groups excluding carboxylic acids is 1. The van der Waals surface area contributed by atoms with Crippen molar-refractivity contribution in [3.8, 4) is 0 Å². The van der Waals surface area contributed by atoms with Crippen LogP contribution in [-0.4, -0.2) is 63.6 Å². The summed E-state index contributed by atoms with van der Waals surface area (Å²) in [5.41, 5.74) is -8.94. The van der Waals surface area contributed by atoms with Crippen molar-refractivity contribution in [3.05, 3.63) is 0 Å². The van der Waals surface area contributed by atoms with Gasteiger partial charge in [-0.2, -0.15) is 26.3 Å². The standard InChI is InChI=1S/C24H45O2P.C2HF6NO4S2/c1-21(25)26-19-11-12-20-27(22-13-5-2-6-14-22,23-15-7-3-8-16-23)24-17-9-4-10-18-24;3-1(4,5)14(10,11)9-15(12,13)2(6,7)8/h22-24,27H,2-20H2,1H3;9H. The first kappa shape index (κ1) is 37.5. The molecule has 0 atom stereocenters. The molecule has 3 fully saturated rings. The van der Waals surface area contributed by atoms with E-state index in [0.29, 0.717) is 6.61 Å². The zero-order chi connectivity index (χ0) is 31.7. The Bertz CT molecular complexity index is 963. The van der Waals surface area contributed by atoms with E-state index in [-0.39, 0.29) is 5.97 Å². The fourth-order valence-corrected chi connectivity index (χ4v) is 18.0. The van der Waals surface area contributed by atoms with Crippen molar-refractivity contribution in [2.75, 3.05) is 12.8 Å². The van der Waals surface area contributed by atoms with E-state index >= 15 is 0 Å². The quantitative estimate of drug-likeness (QED) is 0.112. The maximum Gasteiger partial charge on any atom is 0.512 e. The van der Waals surface area contributed by atoms with Crippen molar-refractivity contribution in [1.82, 2.24) is 4.13 Å². The number of esters is 1. The van der Waals surface area contributed by atoms with Crippen LogP contribution in [0.5, 0.6) is 0 Å². The molecule has 0 unspecified atom stereocenters. The molecule has 42 heavy (non-hydrogen) atoms. The van der Waals surface area contributed by atoms with Crippen LogP contribution in [0.2, 0.25) is 0 Å². The monoisotopic (exact) mass is 677 g/mol. The molecule has 0 aromatic heterocycles. The number of unbranched alkanes of at least 4 members (excludes halogenated alkanes) is 1. The molecule has 0 heterocycles. The van der Waals surface area contributed by atoms with Gasteiger partial charge in [0.15, 0.2) is 0 Å². The summed E-state index contributed by atoms with van der Waals surface area (Å²) in [6.45, 7) is 2.20. The largest absolute Gasteiger partial charge is 0.512 e. The molecule has 7 nitrogen and oxygen atoms in total. The Hall–Kier alpha value is -0.660. The van der Waals surface area contributed by atoms with E-state index in [0.717, 1.165) is 23.4 Å². The zero-order valence-corrected chi connectivity index (χ0v) is 26.8. The number of halogens is 6. The smallest absolute Gasteiger partial charge is 0.202 e. The third-order valence-electron chi connectivity index (χ3n) is 9.23. The number of sulfonamides is 2. The molecule has 3 saturated carbocycles. The maximum absolute atomic E-state index is 11.5. The predicted octanol–water partition coefficient (Wildman–Crippen LogP) is 7.35. The number of nitrogens with one attached hydrogen (secondary N) is 1. The van der Waals surface area contributed by atoms with Gasteiger partial charge < -0.3 is 0 Å². The molecule has 250 valence electrons. The molecule has 16 heteroatoms. The van der Waals surface area contributed by atoms with Gasteiger partial charge in [-0.1, -0.05) is 4.13 Å². The van der Waals surface area contributed by atoms with E-state index in [1.54, 1.807) is 51.6 Å². The molecule has 3 aliphatic rings. The van der Waals surface area contributed by atoms with E-state index in [1.165, 1.54) is 64.2 Å². The SMILES string of the molecule is CC(=O)OCCCC[PH](C1CCCCC1)(C1CCCCC1)C1CCCCC1.O=S(=O)(NS(=O)(=O)C(F)(F)F)C(F)(F)F. The van der Waals surface area contributed by atoms with Gasteiger partial charge in [-0.25, -0.2) is 16.8 Å². The average molecular weight is 678 g/mol. The summed E-state index contributed by atoms with van der Waals surface area (Å²) in [4.78, 5) is 11.1. The van der Waals surface area contributed by atoms with Crippen molar-refractivity contribution < 1.29 is 52.7 Å². The second-order valence-corrected chi connectivity index (χ2v) is 20.7. The fraction of sp³-hybridized carbons (Fsp3) is 0.962. The number of hydrogen-bond donors (Lipinski definition) is 1. The first-order valence-electron chi connectivity index (χ1n) is 15.0. The Morgan fingerprint density at radius 1 is 0.667 bits per heavy atom. The van der Waals surface area contributed by atoms with Crippen LogP contribution in [0, 0.1) is 0 Å². The van der Waals surface area contributed by atoms with Crippen molar-refractivity contribution in [2.45, 2.75) is 144 Å². The molecular formula is C26H46F6NO6PS2. The van der Waals surface area contributed by atoms with Crippen molar-refractivity contribution in [1.29, 1.82) is 0 Å². The summed E-state index contributed by atoms with van der Waals surface area (Å²) in [7, 11) is -14.5. The normalized spacial score (nSPS) is 21.3. The van der Waals surface area contributed by atoms with Crippen LogP contribution >= 0.6 is 7.26 Å². The Kier molecular flexibility index (Phi) is 14.4. The Morgan fingerprint density at radius 3 is 1.29 bits per heavy atom. The van der Waals surface area contributed by atoms with Gasteiger partial charge in [-0.3, -0.25) is 0 Å². The third-order valence-corrected chi connectivity index (χ3v) is 19.7. The molecule has 0 aliphatic heterocycles. The van der Waals surface area contributed by atoms with Crippen LogP contribution in [0.3, 0.4) is 0 Å². The number of ether oxygens (including phenoxy) is 1. The zero-order valence-electron chi connectivity index (χ0n) is 24.2. The predicted molar refractivity (Wildman–Crippen MR) is 153 cm³/mol. The second kappa shape index (κ2) is 16.1. The number of carbonyl (C=O) groups is 1. The van der Waals surface area contributed by atoms with E-state index in [4.69, 9.17) is 4.74 Å². The van der Waals surface area contributed by atoms with Crippen LogP contribution in [0.4, 0.5) is 26.3 Å². The average Bonchev–Trinajstić information content (AvgIpc) is 2.91. The molecule has 0 radical (unpaired) electrons. The van der Waals surface area contributed by atoms with Crippen LogP contribution in [0.25, 0.3) is 0 Å². The minimum Gasteiger partial charge on any atom is -0.202 e. The Balaban J connectivity index is 0.000000351. The molecule has 0 aromatic carbocycles. The molecule has 0 saturated heterocycles. The van der Waals surface area contributed by atoms with Gasteiger partial charge in [0.25, 0.3) is 0 Å². The minimum atomic E-state index is -6.60. The van der Waals surface area contributed by atoms with E-state index < -0.39 is 42.5 Å². The van der Waals surface area contributed by atoms with Gasteiger partial charge >= 0.3 is 200 Å².